The molecular weight excluding hydrogens is 138 g/mol. The van der Waals surface area contributed by atoms with Crippen LogP contribution in [0.3, 0.4) is 0 Å². The number of rotatable bonds is 2. The monoisotopic (exact) mass is 145 g/mol. The zero-order valence-electron chi connectivity index (χ0n) is 4.70. The van der Waals surface area contributed by atoms with Crippen LogP contribution < -0.4 is 0 Å². The molecule has 0 spiro atoms. The molecule has 50 valence electrons. The minimum absolute atomic E-state index is 0.113. The van der Waals surface area contributed by atoms with Crippen LogP contribution in [0.15, 0.2) is 18.3 Å². The van der Waals surface area contributed by atoms with E-state index in [2.05, 4.69) is 4.98 Å². The lowest BCUT2D eigenvalue weighted by molar-refractivity contribution is 0.613. The molecule has 0 atom stereocenters. The zero-order valence-corrected chi connectivity index (χ0v) is 5.60. The molecule has 0 radical (unpaired) electrons. The second kappa shape index (κ2) is 2.68. The topological polar surface area (TPSA) is 49.9 Å². The van der Waals surface area contributed by atoms with Crippen molar-refractivity contribution in [3.63, 3.8) is 0 Å². The summed E-state index contributed by atoms with van der Waals surface area (Å²) in [5.41, 5.74) is 0.742. The van der Waals surface area contributed by atoms with Gasteiger partial charge in [-0.2, -0.15) is 0 Å². The van der Waals surface area contributed by atoms with Gasteiger partial charge in [0.15, 0.2) is 0 Å². The van der Waals surface area contributed by atoms with Crippen LogP contribution in [0.5, 0.6) is 0 Å². The lowest BCUT2D eigenvalue weighted by Crippen LogP contribution is -1.84. The Bertz CT molecular complexity index is 229. The number of hydrogen-bond acceptors (Lipinski definition) is 2. The molecule has 1 N–H and O–H groups in total. The summed E-state index contributed by atoms with van der Waals surface area (Å²) in [6.45, 7) is 0. The molecule has 0 saturated heterocycles. The highest BCUT2D eigenvalue weighted by Gasteiger charge is 1.90. The van der Waals surface area contributed by atoms with Crippen LogP contribution in [-0.4, -0.2) is 13.4 Å². The largest absolute Gasteiger partial charge is 0.364 e. The van der Waals surface area contributed by atoms with Crippen LogP contribution in [0.2, 0.25) is 0 Å². The van der Waals surface area contributed by atoms with Gasteiger partial charge in [0.2, 0.25) is 0 Å². The van der Waals surface area contributed by atoms with Crippen molar-refractivity contribution in [2.24, 2.45) is 0 Å². The number of nitrogens with one attached hydrogen (secondary N) is 1. The minimum atomic E-state index is -2.28. The third kappa shape index (κ3) is 1.89. The van der Waals surface area contributed by atoms with E-state index in [0.29, 0.717) is 0 Å². The Balaban J connectivity index is 2.68. The van der Waals surface area contributed by atoms with E-state index in [0.717, 1.165) is 5.69 Å². The standard InChI is InChI=1S/C5H7NO2S/c7-9(8)4-5-2-1-3-6-5/h1-3,6,9H,4H2. The number of aromatic nitrogens is 1. The van der Waals surface area contributed by atoms with Crippen molar-refractivity contribution >= 4 is 10.7 Å². The SMILES string of the molecule is O=[SH](=O)Cc1ccc[nH]1. The summed E-state index contributed by atoms with van der Waals surface area (Å²) < 4.78 is 20.2. The average Bonchev–Trinajstić information content (AvgIpc) is 2.15. The summed E-state index contributed by atoms with van der Waals surface area (Å²) in [6.07, 6.45) is 1.70. The van der Waals surface area contributed by atoms with Crippen molar-refractivity contribution in [2.75, 3.05) is 0 Å². The maximum absolute atomic E-state index is 10.1. The fraction of sp³-hybridized carbons (Fsp3) is 0.200. The minimum Gasteiger partial charge on any atom is -0.364 e. The first kappa shape index (κ1) is 6.35. The second-order valence-corrected chi connectivity index (χ2v) is 2.67. The summed E-state index contributed by atoms with van der Waals surface area (Å²) in [5.74, 6) is 0.113. The van der Waals surface area contributed by atoms with Crippen LogP contribution >= 0.6 is 0 Å². The smallest absolute Gasteiger partial charge is 0.145 e. The highest BCUT2D eigenvalue weighted by Crippen LogP contribution is 1.94. The molecule has 1 heterocycles. The number of H-pyrrole nitrogens is 1. The van der Waals surface area contributed by atoms with Crippen molar-refractivity contribution in [1.29, 1.82) is 0 Å². The maximum atomic E-state index is 10.1. The van der Waals surface area contributed by atoms with Crippen LogP contribution in [0.25, 0.3) is 0 Å². The van der Waals surface area contributed by atoms with Crippen LogP contribution in [0.1, 0.15) is 5.69 Å². The van der Waals surface area contributed by atoms with E-state index in [-0.39, 0.29) is 5.75 Å². The first-order chi connectivity index (χ1) is 4.29. The highest BCUT2D eigenvalue weighted by atomic mass is 32.2. The van der Waals surface area contributed by atoms with Crippen LogP contribution in [-0.2, 0) is 16.5 Å². The van der Waals surface area contributed by atoms with Gasteiger partial charge >= 0.3 is 0 Å². The van der Waals surface area contributed by atoms with Crippen molar-refractivity contribution < 1.29 is 8.42 Å². The van der Waals surface area contributed by atoms with Gasteiger partial charge in [-0.05, 0) is 12.1 Å². The molecule has 0 aliphatic carbocycles. The van der Waals surface area contributed by atoms with Gasteiger partial charge in [-0.25, -0.2) is 8.42 Å². The predicted octanol–water partition coefficient (Wildman–Crippen LogP) is 0.126. The Labute approximate surface area is 54.7 Å². The number of thiol groups is 1. The van der Waals surface area contributed by atoms with Gasteiger partial charge in [-0.1, -0.05) is 0 Å². The fourth-order valence-corrected chi connectivity index (χ4v) is 1.08. The molecule has 0 aromatic carbocycles. The maximum Gasteiger partial charge on any atom is 0.145 e. The van der Waals surface area contributed by atoms with Crippen LogP contribution in [0, 0.1) is 0 Å². The Hall–Kier alpha value is -0.770. The number of aromatic amines is 1. The molecule has 0 amide bonds. The molecule has 1 aromatic rings. The van der Waals surface area contributed by atoms with E-state index in [9.17, 15) is 8.42 Å². The quantitative estimate of drug-likeness (QED) is 0.581. The van der Waals surface area contributed by atoms with Gasteiger partial charge in [0.1, 0.15) is 10.7 Å². The highest BCUT2D eigenvalue weighted by molar-refractivity contribution is 7.71. The molecule has 0 fully saturated rings. The van der Waals surface area contributed by atoms with Gasteiger partial charge in [0.25, 0.3) is 0 Å². The zero-order chi connectivity index (χ0) is 6.69. The van der Waals surface area contributed by atoms with E-state index in [1.165, 1.54) is 0 Å². The molecule has 1 rings (SSSR count). The average molecular weight is 145 g/mol. The summed E-state index contributed by atoms with van der Waals surface area (Å²) in [4.78, 5) is 2.78. The molecule has 0 aliphatic heterocycles. The van der Waals surface area contributed by atoms with E-state index < -0.39 is 10.7 Å². The second-order valence-electron chi connectivity index (χ2n) is 1.69. The number of hydrogen-bond donors (Lipinski definition) is 2. The molecule has 0 saturated carbocycles. The Morgan fingerprint density at radius 2 is 2.33 bits per heavy atom. The van der Waals surface area contributed by atoms with E-state index in [1.54, 1.807) is 18.3 Å². The van der Waals surface area contributed by atoms with Gasteiger partial charge in [-0.15, -0.1) is 0 Å². The van der Waals surface area contributed by atoms with Gasteiger partial charge in [-0.3, -0.25) is 0 Å². The van der Waals surface area contributed by atoms with E-state index >= 15 is 0 Å². The summed E-state index contributed by atoms with van der Waals surface area (Å²) in [7, 11) is -2.28. The van der Waals surface area contributed by atoms with Crippen molar-refractivity contribution in [3.05, 3.63) is 24.0 Å². The molecule has 9 heavy (non-hydrogen) atoms. The molecule has 3 nitrogen and oxygen atoms in total. The first-order valence-corrected chi connectivity index (χ1v) is 3.89. The van der Waals surface area contributed by atoms with Gasteiger partial charge < -0.3 is 4.98 Å². The van der Waals surface area contributed by atoms with Crippen LogP contribution in [0.4, 0.5) is 0 Å². The summed E-state index contributed by atoms with van der Waals surface area (Å²) in [6, 6.07) is 3.51. The Kier molecular flexibility index (Phi) is 1.89. The van der Waals surface area contributed by atoms with Crippen molar-refractivity contribution in [2.45, 2.75) is 5.75 Å². The van der Waals surface area contributed by atoms with E-state index in [4.69, 9.17) is 0 Å². The van der Waals surface area contributed by atoms with Gasteiger partial charge in [0.05, 0.1) is 5.75 Å². The normalized spacial score (nSPS) is 10.3. The Morgan fingerprint density at radius 1 is 1.56 bits per heavy atom. The first-order valence-electron chi connectivity index (χ1n) is 2.53. The third-order valence-corrected chi connectivity index (χ3v) is 1.56. The lowest BCUT2D eigenvalue weighted by Gasteiger charge is -1.82. The molecule has 1 aromatic heterocycles. The molecule has 0 aliphatic rings. The third-order valence-electron chi connectivity index (χ3n) is 0.962. The molecule has 0 bridgehead atoms. The Morgan fingerprint density at radius 3 is 2.78 bits per heavy atom. The van der Waals surface area contributed by atoms with Crippen molar-refractivity contribution in [1.82, 2.24) is 4.98 Å². The fourth-order valence-electron chi connectivity index (χ4n) is 0.605. The molecular formula is C5H7NO2S. The summed E-state index contributed by atoms with van der Waals surface area (Å²) >= 11 is 0. The van der Waals surface area contributed by atoms with Crippen molar-refractivity contribution in [3.8, 4) is 0 Å². The summed E-state index contributed by atoms with van der Waals surface area (Å²) in [5, 5.41) is 0. The van der Waals surface area contributed by atoms with E-state index in [1.807, 2.05) is 0 Å². The molecule has 4 heteroatoms. The lowest BCUT2D eigenvalue weighted by atomic mass is 10.5. The molecule has 0 unspecified atom stereocenters. The van der Waals surface area contributed by atoms with Gasteiger partial charge in [0, 0.05) is 11.9 Å². The predicted molar refractivity (Wildman–Crippen MR) is 34.8 cm³/mol.